The minimum absolute atomic E-state index is 0.0379. The smallest absolute Gasteiger partial charge is 0.326 e. The normalized spacial score (nSPS) is 11.7. The predicted octanol–water partition coefficient (Wildman–Crippen LogP) is 5.16. The molecule has 26 heavy (non-hydrogen) atoms. The molecule has 0 aliphatic heterocycles. The number of hydrogen-bond acceptors (Lipinski definition) is 4. The lowest BCUT2D eigenvalue weighted by molar-refractivity contribution is -0.155. The van der Waals surface area contributed by atoms with Gasteiger partial charge >= 0.3 is 11.9 Å². The average molecular weight is 465 g/mol. The lowest BCUT2D eigenvalue weighted by Gasteiger charge is -2.20. The molecule has 1 aromatic carbocycles. The maximum atomic E-state index is 12.4. The number of ether oxygens (including phenoxy) is 2. The second-order valence-electron chi connectivity index (χ2n) is 6.80. The van der Waals surface area contributed by atoms with Crippen LogP contribution in [0, 0.1) is 0 Å². The molecule has 142 valence electrons. The number of carbonyl (C=O) groups is 2. The van der Waals surface area contributed by atoms with Crippen molar-refractivity contribution in [3.05, 3.63) is 32.3 Å². The highest BCUT2D eigenvalue weighted by molar-refractivity contribution is 9.10. The van der Waals surface area contributed by atoms with Crippen molar-refractivity contribution in [2.24, 2.45) is 0 Å². The summed E-state index contributed by atoms with van der Waals surface area (Å²) in [5, 5.41) is 1.52. The second kappa shape index (κ2) is 8.19. The molecule has 0 radical (unpaired) electrons. The van der Waals surface area contributed by atoms with Crippen LogP contribution in [0.25, 0.3) is 10.9 Å². The van der Waals surface area contributed by atoms with E-state index in [-0.39, 0.29) is 18.9 Å². The number of aryl methyl sites for hydroxylation is 1. The summed E-state index contributed by atoms with van der Waals surface area (Å²) in [7, 11) is 1.34. The van der Waals surface area contributed by atoms with E-state index in [1.165, 1.54) is 7.11 Å². The molecule has 0 aliphatic carbocycles. The average Bonchev–Trinajstić information content (AvgIpc) is 2.87. The van der Waals surface area contributed by atoms with E-state index in [1.54, 1.807) is 31.4 Å². The monoisotopic (exact) mass is 463 g/mol. The molecule has 0 N–H and O–H groups in total. The number of methoxy groups -OCH3 is 1. The minimum Gasteiger partial charge on any atom is -0.469 e. The van der Waals surface area contributed by atoms with Gasteiger partial charge in [0.2, 0.25) is 0 Å². The lowest BCUT2D eigenvalue weighted by atomic mass is 10.2. The van der Waals surface area contributed by atoms with Crippen molar-refractivity contribution in [2.45, 2.75) is 45.8 Å². The molecule has 0 saturated heterocycles. The van der Waals surface area contributed by atoms with Gasteiger partial charge in [0.25, 0.3) is 0 Å². The lowest BCUT2D eigenvalue weighted by Crippen LogP contribution is -2.27. The number of benzene rings is 1. The van der Waals surface area contributed by atoms with Gasteiger partial charge in [0, 0.05) is 15.6 Å². The fourth-order valence-corrected chi connectivity index (χ4v) is 3.73. The first kappa shape index (κ1) is 21.1. The molecule has 2 rings (SSSR count). The van der Waals surface area contributed by atoms with Crippen molar-refractivity contribution in [3.8, 4) is 0 Å². The van der Waals surface area contributed by atoms with E-state index in [1.807, 2.05) is 6.07 Å². The Hall–Kier alpha value is -1.24. The fourth-order valence-electron chi connectivity index (χ4n) is 2.61. The zero-order valence-electron chi connectivity index (χ0n) is 15.0. The van der Waals surface area contributed by atoms with Gasteiger partial charge in [-0.2, -0.15) is 0 Å². The van der Waals surface area contributed by atoms with Crippen LogP contribution in [0.15, 0.2) is 16.6 Å². The third kappa shape index (κ3) is 4.93. The first-order valence-electron chi connectivity index (χ1n) is 7.97. The summed E-state index contributed by atoms with van der Waals surface area (Å²) < 4.78 is 12.6. The van der Waals surface area contributed by atoms with Gasteiger partial charge in [-0.3, -0.25) is 9.59 Å². The standard InChI is InChI=1S/C18H20BrCl2NO4/c1-18(2,3)26-15(24)9-22-10(5-6-14(23)25-4)7-11-12(19)8-13(20)16(21)17(11)22/h7-8H,5-6,9H2,1-4H3. The number of fused-ring (bicyclic) bond motifs is 1. The van der Waals surface area contributed by atoms with Crippen LogP contribution in [0.2, 0.25) is 10.0 Å². The number of aromatic nitrogens is 1. The maximum absolute atomic E-state index is 12.4. The van der Waals surface area contributed by atoms with Crippen LogP contribution in [-0.4, -0.2) is 29.2 Å². The summed E-state index contributed by atoms with van der Waals surface area (Å²) in [6, 6.07) is 3.59. The van der Waals surface area contributed by atoms with Crippen LogP contribution in [0.5, 0.6) is 0 Å². The van der Waals surface area contributed by atoms with Gasteiger partial charge in [0.15, 0.2) is 0 Å². The van der Waals surface area contributed by atoms with Gasteiger partial charge in [0.1, 0.15) is 12.1 Å². The third-order valence-corrected chi connectivity index (χ3v) is 5.06. The molecule has 2 aromatic rings. The summed E-state index contributed by atoms with van der Waals surface area (Å²) in [6.07, 6.45) is 0.578. The molecule has 0 fully saturated rings. The van der Waals surface area contributed by atoms with E-state index in [0.29, 0.717) is 22.0 Å². The van der Waals surface area contributed by atoms with Crippen molar-refractivity contribution in [1.82, 2.24) is 4.57 Å². The number of hydrogen-bond donors (Lipinski definition) is 0. The van der Waals surface area contributed by atoms with E-state index < -0.39 is 11.6 Å². The summed E-state index contributed by atoms with van der Waals surface area (Å²) in [5.74, 6) is -0.733. The van der Waals surface area contributed by atoms with Gasteiger partial charge in [-0.25, -0.2) is 0 Å². The Labute approximate surface area is 170 Å². The van der Waals surface area contributed by atoms with Crippen LogP contribution >= 0.6 is 39.1 Å². The van der Waals surface area contributed by atoms with Crippen molar-refractivity contribution in [2.75, 3.05) is 7.11 Å². The topological polar surface area (TPSA) is 57.5 Å². The van der Waals surface area contributed by atoms with E-state index >= 15 is 0 Å². The van der Waals surface area contributed by atoms with Crippen molar-refractivity contribution in [3.63, 3.8) is 0 Å². The molecular weight excluding hydrogens is 445 g/mol. The quantitative estimate of drug-likeness (QED) is 0.453. The van der Waals surface area contributed by atoms with Gasteiger partial charge in [-0.15, -0.1) is 0 Å². The van der Waals surface area contributed by atoms with E-state index in [9.17, 15) is 9.59 Å². The largest absolute Gasteiger partial charge is 0.469 e. The number of halogens is 3. The Morgan fingerprint density at radius 2 is 1.85 bits per heavy atom. The minimum atomic E-state index is -0.603. The van der Waals surface area contributed by atoms with E-state index in [2.05, 4.69) is 15.9 Å². The Kier molecular flexibility index (Phi) is 6.64. The number of nitrogens with zero attached hydrogens (tertiary/aromatic N) is 1. The Bertz CT molecular complexity index is 855. The first-order valence-corrected chi connectivity index (χ1v) is 9.52. The molecule has 0 unspecified atom stereocenters. The molecule has 5 nitrogen and oxygen atoms in total. The van der Waals surface area contributed by atoms with Crippen LogP contribution < -0.4 is 0 Å². The summed E-state index contributed by atoms with van der Waals surface area (Å²) in [4.78, 5) is 23.9. The highest BCUT2D eigenvalue weighted by Crippen LogP contribution is 2.38. The van der Waals surface area contributed by atoms with Crippen molar-refractivity contribution < 1.29 is 19.1 Å². The molecule has 0 spiro atoms. The van der Waals surface area contributed by atoms with Gasteiger partial charge in [-0.1, -0.05) is 39.1 Å². The van der Waals surface area contributed by atoms with Gasteiger partial charge < -0.3 is 14.0 Å². The zero-order valence-corrected chi connectivity index (χ0v) is 18.1. The molecule has 8 heteroatoms. The Balaban J connectivity index is 2.51. The highest BCUT2D eigenvalue weighted by atomic mass is 79.9. The molecule has 0 aliphatic rings. The summed E-state index contributed by atoms with van der Waals surface area (Å²) in [6.45, 7) is 5.37. The van der Waals surface area contributed by atoms with Crippen LogP contribution in [0.4, 0.5) is 0 Å². The maximum Gasteiger partial charge on any atom is 0.326 e. The number of rotatable bonds is 5. The molecular formula is C18H20BrCl2NO4. The first-order chi connectivity index (χ1) is 12.0. The third-order valence-electron chi connectivity index (χ3n) is 3.63. The van der Waals surface area contributed by atoms with Crippen LogP contribution in [0.1, 0.15) is 32.9 Å². The van der Waals surface area contributed by atoms with Gasteiger partial charge in [-0.05, 0) is 39.3 Å². The summed E-state index contributed by atoms with van der Waals surface area (Å²) in [5.41, 5.74) is 0.784. The van der Waals surface area contributed by atoms with Crippen molar-refractivity contribution >= 4 is 62.0 Å². The zero-order chi connectivity index (χ0) is 19.6. The number of carbonyl (C=O) groups excluding carboxylic acids is 2. The second-order valence-corrected chi connectivity index (χ2v) is 8.44. The van der Waals surface area contributed by atoms with Crippen molar-refractivity contribution in [1.29, 1.82) is 0 Å². The Morgan fingerprint density at radius 1 is 1.19 bits per heavy atom. The van der Waals surface area contributed by atoms with Crippen LogP contribution in [-0.2, 0) is 32.0 Å². The van der Waals surface area contributed by atoms with Gasteiger partial charge in [0.05, 0.1) is 29.1 Å². The summed E-state index contributed by atoms with van der Waals surface area (Å²) >= 11 is 16.1. The molecule has 0 amide bonds. The van der Waals surface area contributed by atoms with E-state index in [0.717, 1.165) is 15.6 Å². The molecule has 0 bridgehead atoms. The molecule has 1 heterocycles. The van der Waals surface area contributed by atoms with E-state index in [4.69, 9.17) is 32.7 Å². The predicted molar refractivity (Wildman–Crippen MR) is 106 cm³/mol. The molecule has 1 aromatic heterocycles. The van der Waals surface area contributed by atoms with Crippen LogP contribution in [0.3, 0.4) is 0 Å². The molecule has 0 atom stereocenters. The highest BCUT2D eigenvalue weighted by Gasteiger charge is 2.22. The SMILES string of the molecule is COC(=O)CCc1cc2c(Br)cc(Cl)c(Cl)c2n1CC(=O)OC(C)(C)C. The molecule has 0 saturated carbocycles. The fraction of sp³-hybridized carbons (Fsp3) is 0.444. The number of esters is 2. The Morgan fingerprint density at radius 3 is 2.42 bits per heavy atom.